The molecule has 0 aromatic heterocycles. The first-order valence-corrected chi connectivity index (χ1v) is 7.81. The average molecular weight is 297 g/mol. The van der Waals surface area contributed by atoms with E-state index in [2.05, 4.69) is 47.8 Å². The molecule has 0 radical (unpaired) electrons. The van der Waals surface area contributed by atoms with Gasteiger partial charge in [0.1, 0.15) is 0 Å². The Bertz CT molecular complexity index is 590. The van der Waals surface area contributed by atoms with E-state index in [1.807, 2.05) is 0 Å². The third-order valence-corrected chi connectivity index (χ3v) is 4.37. The maximum Gasteiger partial charge on any atom is 0.161 e. The zero-order valence-electron chi connectivity index (χ0n) is 13.3. The second-order valence-corrected chi connectivity index (χ2v) is 5.78. The number of nitrogens with one attached hydrogen (secondary N) is 1. The molecule has 3 nitrogen and oxygen atoms in total. The highest BCUT2D eigenvalue weighted by atomic mass is 16.5. The van der Waals surface area contributed by atoms with Crippen molar-refractivity contribution in [2.45, 2.75) is 31.8 Å². The summed E-state index contributed by atoms with van der Waals surface area (Å²) in [6, 6.07) is 15.4. The smallest absolute Gasteiger partial charge is 0.161 e. The third kappa shape index (κ3) is 3.25. The zero-order chi connectivity index (χ0) is 15.4. The maximum atomic E-state index is 5.42. The Morgan fingerprint density at radius 2 is 1.68 bits per heavy atom. The SMILES string of the molecule is COc1cc2c(cc1OC)CNC(Cc1ccccc1)CC2. The first kappa shape index (κ1) is 14.9. The Morgan fingerprint density at radius 3 is 2.36 bits per heavy atom. The molecule has 2 aromatic carbocycles. The fraction of sp³-hybridized carbons (Fsp3) is 0.368. The van der Waals surface area contributed by atoms with E-state index in [0.717, 1.165) is 37.3 Å². The molecule has 22 heavy (non-hydrogen) atoms. The first-order chi connectivity index (χ1) is 10.8. The van der Waals surface area contributed by atoms with Crippen LogP contribution in [0.1, 0.15) is 23.1 Å². The number of aryl methyl sites for hydroxylation is 1. The van der Waals surface area contributed by atoms with Gasteiger partial charge in [-0.1, -0.05) is 30.3 Å². The van der Waals surface area contributed by atoms with E-state index < -0.39 is 0 Å². The van der Waals surface area contributed by atoms with Gasteiger partial charge in [0.25, 0.3) is 0 Å². The molecule has 3 heteroatoms. The number of hydrogen-bond donors (Lipinski definition) is 1. The minimum absolute atomic E-state index is 0.506. The molecule has 2 aromatic rings. The van der Waals surface area contributed by atoms with Gasteiger partial charge in [-0.05, 0) is 48.1 Å². The summed E-state index contributed by atoms with van der Waals surface area (Å²) in [5, 5.41) is 3.68. The molecule has 0 bridgehead atoms. The minimum atomic E-state index is 0.506. The zero-order valence-corrected chi connectivity index (χ0v) is 13.3. The van der Waals surface area contributed by atoms with Gasteiger partial charge in [0.15, 0.2) is 11.5 Å². The largest absolute Gasteiger partial charge is 0.493 e. The van der Waals surface area contributed by atoms with E-state index in [0.29, 0.717) is 6.04 Å². The number of rotatable bonds is 4. The molecule has 3 rings (SSSR count). The predicted molar refractivity (Wildman–Crippen MR) is 88.6 cm³/mol. The summed E-state index contributed by atoms with van der Waals surface area (Å²) < 4.78 is 10.8. The Balaban J connectivity index is 1.74. The van der Waals surface area contributed by atoms with E-state index in [9.17, 15) is 0 Å². The van der Waals surface area contributed by atoms with E-state index in [-0.39, 0.29) is 0 Å². The number of ether oxygens (including phenoxy) is 2. The molecule has 116 valence electrons. The summed E-state index contributed by atoms with van der Waals surface area (Å²) >= 11 is 0. The predicted octanol–water partition coefficient (Wildman–Crippen LogP) is 3.35. The van der Waals surface area contributed by atoms with Crippen LogP contribution in [0.3, 0.4) is 0 Å². The lowest BCUT2D eigenvalue weighted by molar-refractivity contribution is 0.354. The van der Waals surface area contributed by atoms with Gasteiger partial charge in [-0.3, -0.25) is 0 Å². The summed E-state index contributed by atoms with van der Waals surface area (Å²) in [6.07, 6.45) is 3.28. The minimum Gasteiger partial charge on any atom is -0.493 e. The highest BCUT2D eigenvalue weighted by molar-refractivity contribution is 5.48. The number of methoxy groups -OCH3 is 2. The highest BCUT2D eigenvalue weighted by Gasteiger charge is 2.18. The van der Waals surface area contributed by atoms with Gasteiger partial charge < -0.3 is 14.8 Å². The van der Waals surface area contributed by atoms with Crippen LogP contribution in [0.15, 0.2) is 42.5 Å². The molecule has 1 aliphatic heterocycles. The number of benzene rings is 2. The lowest BCUT2D eigenvalue weighted by Gasteiger charge is -2.15. The van der Waals surface area contributed by atoms with E-state index >= 15 is 0 Å². The van der Waals surface area contributed by atoms with Gasteiger partial charge >= 0.3 is 0 Å². The molecule has 1 unspecified atom stereocenters. The number of fused-ring (bicyclic) bond motifs is 1. The summed E-state index contributed by atoms with van der Waals surface area (Å²) in [4.78, 5) is 0. The Kier molecular flexibility index (Phi) is 4.64. The average Bonchev–Trinajstić information content (AvgIpc) is 2.76. The maximum absolute atomic E-state index is 5.42. The third-order valence-electron chi connectivity index (χ3n) is 4.37. The molecular formula is C19H23NO2. The van der Waals surface area contributed by atoms with Crippen molar-refractivity contribution in [2.75, 3.05) is 14.2 Å². The molecule has 1 atom stereocenters. The van der Waals surface area contributed by atoms with Crippen LogP contribution in [0, 0.1) is 0 Å². The monoisotopic (exact) mass is 297 g/mol. The normalized spacial score (nSPS) is 17.5. The summed E-state index contributed by atoms with van der Waals surface area (Å²) in [6.45, 7) is 0.882. The molecule has 0 saturated carbocycles. The van der Waals surface area contributed by atoms with Crippen LogP contribution in [0.4, 0.5) is 0 Å². The van der Waals surface area contributed by atoms with Gasteiger partial charge in [-0.25, -0.2) is 0 Å². The first-order valence-electron chi connectivity index (χ1n) is 7.81. The summed E-state index contributed by atoms with van der Waals surface area (Å²) in [5.74, 6) is 1.63. The van der Waals surface area contributed by atoms with Crippen LogP contribution in [-0.2, 0) is 19.4 Å². The highest BCUT2D eigenvalue weighted by Crippen LogP contribution is 2.32. The van der Waals surface area contributed by atoms with Gasteiger partial charge in [-0.2, -0.15) is 0 Å². The van der Waals surface area contributed by atoms with Crippen molar-refractivity contribution < 1.29 is 9.47 Å². The fourth-order valence-electron chi connectivity index (χ4n) is 3.12. The molecular weight excluding hydrogens is 274 g/mol. The molecule has 0 amide bonds. The second kappa shape index (κ2) is 6.84. The molecule has 1 N–H and O–H groups in total. The van der Waals surface area contributed by atoms with Crippen molar-refractivity contribution in [3.8, 4) is 11.5 Å². The van der Waals surface area contributed by atoms with Gasteiger partial charge in [-0.15, -0.1) is 0 Å². The fourth-order valence-corrected chi connectivity index (χ4v) is 3.12. The van der Waals surface area contributed by atoms with Crippen molar-refractivity contribution in [2.24, 2.45) is 0 Å². The summed E-state index contributed by atoms with van der Waals surface area (Å²) in [7, 11) is 3.38. The Morgan fingerprint density at radius 1 is 1.00 bits per heavy atom. The van der Waals surface area contributed by atoms with Crippen molar-refractivity contribution in [1.82, 2.24) is 5.32 Å². The van der Waals surface area contributed by atoms with E-state index in [1.165, 1.54) is 16.7 Å². The van der Waals surface area contributed by atoms with E-state index in [1.54, 1.807) is 14.2 Å². The molecule has 1 aliphatic rings. The molecule has 0 aliphatic carbocycles. The van der Waals surface area contributed by atoms with Crippen LogP contribution in [0.2, 0.25) is 0 Å². The van der Waals surface area contributed by atoms with Gasteiger partial charge in [0.05, 0.1) is 14.2 Å². The van der Waals surface area contributed by atoms with E-state index in [4.69, 9.17) is 9.47 Å². The quantitative estimate of drug-likeness (QED) is 0.939. The standard InChI is InChI=1S/C19H23NO2/c1-21-18-11-15-8-9-17(10-14-6-4-3-5-7-14)20-13-16(15)12-19(18)22-2/h3-7,11-12,17,20H,8-10,13H2,1-2H3. The van der Waals surface area contributed by atoms with Crippen molar-refractivity contribution in [3.63, 3.8) is 0 Å². The number of hydrogen-bond acceptors (Lipinski definition) is 3. The van der Waals surface area contributed by atoms with Crippen LogP contribution >= 0.6 is 0 Å². The van der Waals surface area contributed by atoms with Gasteiger partial charge in [0, 0.05) is 12.6 Å². The van der Waals surface area contributed by atoms with Crippen LogP contribution in [-0.4, -0.2) is 20.3 Å². The van der Waals surface area contributed by atoms with Crippen LogP contribution in [0.25, 0.3) is 0 Å². The molecule has 0 fully saturated rings. The molecule has 0 spiro atoms. The van der Waals surface area contributed by atoms with Crippen molar-refractivity contribution >= 4 is 0 Å². The summed E-state index contributed by atoms with van der Waals surface area (Å²) in [5.41, 5.74) is 4.06. The van der Waals surface area contributed by atoms with Crippen LogP contribution < -0.4 is 14.8 Å². The van der Waals surface area contributed by atoms with Crippen molar-refractivity contribution in [1.29, 1.82) is 0 Å². The van der Waals surface area contributed by atoms with Crippen LogP contribution in [0.5, 0.6) is 11.5 Å². The Hall–Kier alpha value is -2.00. The Labute approximate surface area is 132 Å². The molecule has 1 heterocycles. The molecule has 0 saturated heterocycles. The lowest BCUT2D eigenvalue weighted by atomic mass is 9.99. The topological polar surface area (TPSA) is 30.5 Å². The second-order valence-electron chi connectivity index (χ2n) is 5.78. The lowest BCUT2D eigenvalue weighted by Crippen LogP contribution is -2.29. The van der Waals surface area contributed by atoms with Gasteiger partial charge in [0.2, 0.25) is 0 Å². The van der Waals surface area contributed by atoms with Crippen molar-refractivity contribution in [3.05, 3.63) is 59.2 Å².